The lowest BCUT2D eigenvalue weighted by molar-refractivity contribution is -0.163. The van der Waals surface area contributed by atoms with Crippen LogP contribution in [0, 0.1) is 52.3 Å². The van der Waals surface area contributed by atoms with E-state index in [1.807, 2.05) is 13.8 Å². The molecule has 4 aliphatic carbocycles. The fraction of sp³-hybridized carbons (Fsp3) is 0.963. The van der Waals surface area contributed by atoms with Crippen molar-refractivity contribution in [3.63, 3.8) is 0 Å². The summed E-state index contributed by atoms with van der Waals surface area (Å²) < 4.78 is 11.9. The van der Waals surface area contributed by atoms with Crippen molar-refractivity contribution in [2.75, 3.05) is 0 Å². The highest BCUT2D eigenvalue weighted by Gasteiger charge is 2.63. The van der Waals surface area contributed by atoms with Crippen LogP contribution in [-0.4, -0.2) is 18.0 Å². The Morgan fingerprint density at radius 1 is 0.938 bits per heavy atom. The Kier molecular flexibility index (Phi) is 7.85. The standard InChI is InChI=1S/C27H48O3P2/c1-16(2)23(28)9-6-17(3)20-7-8-21-25-22(11-13-27(20,21)5)26(4)12-10-19(29-31)14-18(26)15-24(25)30-32/h16-22,24-25H,6-15,31-32H2,1-5H3/t17-,18+,19?,20-,21+,22+,24?,25+,26+,27-/m1/s1. The molecule has 0 aromatic carbocycles. The van der Waals surface area contributed by atoms with E-state index in [1.165, 1.54) is 51.4 Å². The zero-order valence-corrected chi connectivity index (χ0v) is 23.5. The minimum Gasteiger partial charge on any atom is -0.362 e. The second-order valence-electron chi connectivity index (χ2n) is 12.8. The van der Waals surface area contributed by atoms with Gasteiger partial charge in [0.1, 0.15) is 5.78 Å². The van der Waals surface area contributed by atoms with Crippen molar-refractivity contribution in [3.8, 4) is 0 Å². The van der Waals surface area contributed by atoms with Crippen molar-refractivity contribution in [2.24, 2.45) is 52.3 Å². The van der Waals surface area contributed by atoms with Gasteiger partial charge in [-0.3, -0.25) is 4.79 Å². The second-order valence-corrected chi connectivity index (χ2v) is 13.3. The number of carbonyl (C=O) groups excluding carboxylic acids is 1. The Bertz CT molecular complexity index is 684. The first-order valence-electron chi connectivity index (χ1n) is 13.4. The van der Waals surface area contributed by atoms with Gasteiger partial charge in [0.15, 0.2) is 0 Å². The van der Waals surface area contributed by atoms with E-state index in [9.17, 15) is 4.79 Å². The first-order valence-corrected chi connectivity index (χ1v) is 14.3. The molecule has 4 fully saturated rings. The molecule has 5 heteroatoms. The SMILES string of the molecule is CC(C)C(=O)CC[C@@H](C)[C@H]1CC[C@H]2[C@@H]3C(OP)C[C@@H]4CC(OP)CC[C@]4(C)[C@H]3CC[C@]12C. The molecule has 32 heavy (non-hydrogen) atoms. The molecule has 12 atom stereocenters. The molecule has 4 unspecified atom stereocenters. The molecule has 0 radical (unpaired) electrons. The van der Waals surface area contributed by atoms with E-state index >= 15 is 0 Å². The molecule has 0 spiro atoms. The molecular weight excluding hydrogens is 434 g/mol. The highest BCUT2D eigenvalue weighted by atomic mass is 31.0. The largest absolute Gasteiger partial charge is 0.362 e. The average molecular weight is 483 g/mol. The summed E-state index contributed by atoms with van der Waals surface area (Å²) in [6.45, 7) is 11.7. The smallest absolute Gasteiger partial charge is 0.135 e. The van der Waals surface area contributed by atoms with Crippen LogP contribution in [0.2, 0.25) is 0 Å². The molecule has 4 saturated carbocycles. The fourth-order valence-corrected chi connectivity index (χ4v) is 9.80. The van der Waals surface area contributed by atoms with Gasteiger partial charge in [-0.2, -0.15) is 0 Å². The molecular formula is C27H48O3P2. The van der Waals surface area contributed by atoms with Crippen molar-refractivity contribution in [1.82, 2.24) is 0 Å². The molecule has 3 nitrogen and oxygen atoms in total. The lowest BCUT2D eigenvalue weighted by Crippen LogP contribution is -2.58. The maximum Gasteiger partial charge on any atom is 0.135 e. The summed E-state index contributed by atoms with van der Waals surface area (Å²) in [5.74, 6) is 4.97. The third-order valence-corrected chi connectivity index (χ3v) is 12.0. The lowest BCUT2D eigenvalue weighted by Gasteiger charge is -2.63. The van der Waals surface area contributed by atoms with Gasteiger partial charge in [0.25, 0.3) is 0 Å². The molecule has 0 saturated heterocycles. The number of fused-ring (bicyclic) bond motifs is 5. The van der Waals surface area contributed by atoms with Gasteiger partial charge in [-0.15, -0.1) is 0 Å². The lowest BCUT2D eigenvalue weighted by atomic mass is 9.43. The van der Waals surface area contributed by atoms with Crippen LogP contribution in [-0.2, 0) is 13.8 Å². The summed E-state index contributed by atoms with van der Waals surface area (Å²) in [7, 11) is 5.15. The van der Waals surface area contributed by atoms with Gasteiger partial charge >= 0.3 is 0 Å². The maximum absolute atomic E-state index is 12.3. The Hall–Kier alpha value is 0.450. The monoisotopic (exact) mass is 482 g/mol. The van der Waals surface area contributed by atoms with Gasteiger partial charge in [0, 0.05) is 31.3 Å². The molecule has 4 aliphatic rings. The maximum atomic E-state index is 12.3. The Morgan fingerprint density at radius 3 is 2.28 bits per heavy atom. The zero-order valence-electron chi connectivity index (χ0n) is 21.1. The number of hydrogen-bond donors (Lipinski definition) is 0. The number of carbonyl (C=O) groups is 1. The molecule has 184 valence electrons. The predicted octanol–water partition coefficient (Wildman–Crippen LogP) is 7.25. The zero-order chi connectivity index (χ0) is 23.3. The summed E-state index contributed by atoms with van der Waals surface area (Å²) in [6.07, 6.45) is 12.9. The molecule has 0 heterocycles. The van der Waals surface area contributed by atoms with Gasteiger partial charge in [0.2, 0.25) is 0 Å². The topological polar surface area (TPSA) is 35.5 Å². The summed E-state index contributed by atoms with van der Waals surface area (Å²) in [4.78, 5) is 12.3. The highest BCUT2D eigenvalue weighted by molar-refractivity contribution is 7.10. The molecule has 0 amide bonds. The Balaban J connectivity index is 1.53. The molecule has 0 aliphatic heterocycles. The quantitative estimate of drug-likeness (QED) is 0.359. The van der Waals surface area contributed by atoms with Gasteiger partial charge in [0.05, 0.1) is 12.2 Å². The van der Waals surface area contributed by atoms with Gasteiger partial charge in [-0.25, -0.2) is 0 Å². The van der Waals surface area contributed by atoms with Crippen LogP contribution in [0.3, 0.4) is 0 Å². The van der Waals surface area contributed by atoms with E-state index in [2.05, 4.69) is 39.7 Å². The Labute approximate surface area is 201 Å². The van der Waals surface area contributed by atoms with Crippen molar-refractivity contribution in [1.29, 1.82) is 0 Å². The van der Waals surface area contributed by atoms with Crippen LogP contribution in [0.1, 0.15) is 98.8 Å². The molecule has 4 rings (SSSR count). The average Bonchev–Trinajstić information content (AvgIpc) is 3.13. The van der Waals surface area contributed by atoms with E-state index in [0.29, 0.717) is 40.7 Å². The first-order chi connectivity index (χ1) is 15.2. The molecule has 0 N–H and O–H groups in total. The van der Waals surface area contributed by atoms with Crippen LogP contribution in [0.5, 0.6) is 0 Å². The minimum atomic E-state index is 0.173. The predicted molar refractivity (Wildman–Crippen MR) is 138 cm³/mol. The van der Waals surface area contributed by atoms with E-state index in [-0.39, 0.29) is 5.92 Å². The Morgan fingerprint density at radius 2 is 1.62 bits per heavy atom. The third kappa shape index (κ3) is 4.29. The molecule has 0 bridgehead atoms. The van der Waals surface area contributed by atoms with Gasteiger partial charge in [-0.05, 0) is 104 Å². The second kappa shape index (κ2) is 9.84. The number of rotatable bonds is 7. The summed E-state index contributed by atoms with van der Waals surface area (Å²) in [5, 5.41) is 0. The van der Waals surface area contributed by atoms with Crippen molar-refractivity contribution in [3.05, 3.63) is 0 Å². The summed E-state index contributed by atoms with van der Waals surface area (Å²) in [6, 6.07) is 0. The normalized spacial score (nSPS) is 46.9. The van der Waals surface area contributed by atoms with Crippen LogP contribution in [0.15, 0.2) is 0 Å². The van der Waals surface area contributed by atoms with Crippen LogP contribution >= 0.6 is 18.9 Å². The number of ketones is 1. The van der Waals surface area contributed by atoms with Crippen LogP contribution in [0.4, 0.5) is 0 Å². The fourth-order valence-electron chi connectivity index (χ4n) is 9.26. The number of hydrogen-bond acceptors (Lipinski definition) is 3. The van der Waals surface area contributed by atoms with Crippen LogP contribution < -0.4 is 0 Å². The highest BCUT2D eigenvalue weighted by Crippen LogP contribution is 2.69. The van der Waals surface area contributed by atoms with E-state index in [4.69, 9.17) is 9.05 Å². The van der Waals surface area contributed by atoms with E-state index in [0.717, 1.165) is 36.5 Å². The summed E-state index contributed by atoms with van der Waals surface area (Å²) in [5.41, 5.74) is 0.852. The van der Waals surface area contributed by atoms with E-state index in [1.54, 1.807) is 0 Å². The van der Waals surface area contributed by atoms with Gasteiger partial charge in [-0.1, -0.05) is 34.6 Å². The van der Waals surface area contributed by atoms with Gasteiger partial charge < -0.3 is 9.05 Å². The molecule has 0 aromatic heterocycles. The van der Waals surface area contributed by atoms with E-state index < -0.39 is 0 Å². The third-order valence-electron chi connectivity index (χ3n) is 11.2. The first kappa shape index (κ1) is 25.5. The minimum absolute atomic E-state index is 0.173. The summed E-state index contributed by atoms with van der Waals surface area (Å²) >= 11 is 0. The van der Waals surface area contributed by atoms with Crippen molar-refractivity contribution >= 4 is 24.7 Å². The van der Waals surface area contributed by atoms with Crippen molar-refractivity contribution < 1.29 is 13.8 Å². The van der Waals surface area contributed by atoms with Crippen LogP contribution in [0.25, 0.3) is 0 Å². The van der Waals surface area contributed by atoms with Crippen molar-refractivity contribution in [2.45, 2.75) is 111 Å². The number of Topliss-reactive ketones (excluding diaryl/α,β-unsaturated/α-hetero) is 1. The molecule has 0 aromatic rings.